The number of methoxy groups -OCH3 is 2. The number of aryl methyl sites for hydroxylation is 1. The van der Waals surface area contributed by atoms with E-state index in [0.29, 0.717) is 36.0 Å². The normalized spacial score (nSPS) is 12.3. The van der Waals surface area contributed by atoms with Gasteiger partial charge >= 0.3 is 0 Å². The van der Waals surface area contributed by atoms with Crippen LogP contribution in [0.1, 0.15) is 50.2 Å². The average molecular weight is 635 g/mol. The van der Waals surface area contributed by atoms with Gasteiger partial charge in [-0.1, -0.05) is 66.7 Å². The number of hydrogen-bond donors (Lipinski definition) is 0. The molecule has 1 aliphatic heterocycles. The number of benzene rings is 5. The Balaban J connectivity index is 1.17. The summed E-state index contributed by atoms with van der Waals surface area (Å²) in [6.07, 6.45) is 6.80. The van der Waals surface area contributed by atoms with Crippen LogP contribution in [0.25, 0.3) is 33.5 Å². The summed E-state index contributed by atoms with van der Waals surface area (Å²) in [4.78, 5) is 32.5. The molecule has 0 aliphatic carbocycles. The summed E-state index contributed by atoms with van der Waals surface area (Å²) >= 11 is 0. The lowest BCUT2D eigenvalue weighted by Crippen LogP contribution is -2.41. The minimum Gasteiger partial charge on any atom is -0.497 e. The molecule has 0 saturated heterocycles. The summed E-state index contributed by atoms with van der Waals surface area (Å²) < 4.78 is 12.5. The summed E-state index contributed by atoms with van der Waals surface area (Å²) in [6.45, 7) is 1.04. The molecule has 7 rings (SSSR count). The van der Waals surface area contributed by atoms with E-state index in [0.717, 1.165) is 56.7 Å². The molecule has 1 aliphatic rings. The number of unbranched alkanes of at least 4 members (excludes halogenated alkanes) is 1. The minimum atomic E-state index is -0.249. The molecule has 2 heterocycles. The molecule has 0 atom stereocenters. The van der Waals surface area contributed by atoms with Crippen molar-refractivity contribution in [2.75, 3.05) is 20.8 Å². The van der Waals surface area contributed by atoms with Crippen LogP contribution in [0.5, 0.6) is 11.5 Å². The highest BCUT2D eigenvalue weighted by Gasteiger charge is 2.33. The number of ether oxygens (including phenoxy) is 2. The summed E-state index contributed by atoms with van der Waals surface area (Å²) in [7, 11) is 3.33. The van der Waals surface area contributed by atoms with E-state index in [4.69, 9.17) is 9.47 Å². The predicted octanol–water partition coefficient (Wildman–Crippen LogP) is 7.78. The van der Waals surface area contributed by atoms with Crippen molar-refractivity contribution in [1.29, 1.82) is 0 Å². The number of amides is 2. The van der Waals surface area contributed by atoms with Crippen LogP contribution in [0, 0.1) is 0 Å². The number of hydrogen-bond acceptors (Lipinski definition) is 6. The van der Waals surface area contributed by atoms with Crippen LogP contribution in [-0.2, 0) is 6.54 Å². The Morgan fingerprint density at radius 1 is 0.688 bits per heavy atom. The fourth-order valence-electron chi connectivity index (χ4n) is 6.29. The van der Waals surface area contributed by atoms with Crippen molar-refractivity contribution in [2.24, 2.45) is 0 Å². The van der Waals surface area contributed by atoms with E-state index < -0.39 is 0 Å². The van der Waals surface area contributed by atoms with Crippen LogP contribution in [-0.4, -0.2) is 52.2 Å². The highest BCUT2D eigenvalue weighted by molar-refractivity contribution is 6.27. The molecule has 6 aromatic rings. The van der Waals surface area contributed by atoms with E-state index in [9.17, 15) is 9.59 Å². The van der Waals surface area contributed by atoms with Crippen molar-refractivity contribution in [3.63, 3.8) is 0 Å². The first-order chi connectivity index (χ1) is 23.5. The maximum Gasteiger partial charge on any atom is 0.261 e. The van der Waals surface area contributed by atoms with Crippen LogP contribution < -0.4 is 9.47 Å². The van der Waals surface area contributed by atoms with E-state index >= 15 is 0 Å². The monoisotopic (exact) mass is 634 g/mol. The third kappa shape index (κ3) is 5.96. The molecule has 0 fully saturated rings. The fraction of sp³-hybridized carbons (Fsp3) is 0.150. The molecule has 0 spiro atoms. The van der Waals surface area contributed by atoms with Gasteiger partial charge in [0, 0.05) is 29.6 Å². The molecular weight excluding hydrogens is 600 g/mol. The van der Waals surface area contributed by atoms with Gasteiger partial charge in [-0.15, -0.1) is 0 Å². The second-order valence-electron chi connectivity index (χ2n) is 11.7. The Kier molecular flexibility index (Phi) is 8.53. The van der Waals surface area contributed by atoms with E-state index in [1.165, 1.54) is 11.2 Å². The van der Waals surface area contributed by atoms with Gasteiger partial charge in [0.15, 0.2) is 0 Å². The van der Waals surface area contributed by atoms with Crippen molar-refractivity contribution in [3.05, 3.63) is 144 Å². The zero-order valence-corrected chi connectivity index (χ0v) is 26.8. The van der Waals surface area contributed by atoms with Crippen molar-refractivity contribution in [2.45, 2.75) is 19.4 Å². The largest absolute Gasteiger partial charge is 0.497 e. The van der Waals surface area contributed by atoms with Gasteiger partial charge in [0.05, 0.1) is 14.2 Å². The van der Waals surface area contributed by atoms with Gasteiger partial charge in [-0.2, -0.15) is 5.10 Å². The first-order valence-corrected chi connectivity index (χ1v) is 15.9. The van der Waals surface area contributed by atoms with Crippen LogP contribution in [0.15, 0.2) is 116 Å². The van der Waals surface area contributed by atoms with Crippen molar-refractivity contribution in [1.82, 2.24) is 19.7 Å². The summed E-state index contributed by atoms with van der Waals surface area (Å²) in [5.41, 5.74) is 7.31. The van der Waals surface area contributed by atoms with Gasteiger partial charge in [-0.25, -0.2) is 4.98 Å². The number of carbonyl (C=O) groups is 2. The molecule has 0 N–H and O–H groups in total. The quantitative estimate of drug-likeness (QED) is 0.0822. The molecular formula is C40H34N4O4. The smallest absolute Gasteiger partial charge is 0.261 e. The molecule has 0 unspecified atom stereocenters. The lowest BCUT2D eigenvalue weighted by molar-refractivity contribution is 0.0607. The topological polar surface area (TPSA) is 86.5 Å². The summed E-state index contributed by atoms with van der Waals surface area (Å²) in [5, 5.41) is 5.72. The van der Waals surface area contributed by atoms with Gasteiger partial charge in [-0.3, -0.25) is 19.2 Å². The maximum atomic E-state index is 13.6. The first-order valence-electron chi connectivity index (χ1n) is 15.9. The predicted molar refractivity (Wildman–Crippen MR) is 187 cm³/mol. The average Bonchev–Trinajstić information content (AvgIpc) is 3.66. The Morgan fingerprint density at radius 2 is 1.29 bits per heavy atom. The standard InChI is InChI=1S/C40H34N4O4/c1-47-31-16-12-29(13-17-31)37(30-14-18-32(48-2)19-15-30)24-27-8-10-28(11-9-27)33-20-21-36-38-34(33)6-5-7-35(38)39(45)44(40(36)46)23-4-3-22-43-26-41-25-42-43/h5-21,24-26H,3-4,22-23H2,1-2H3. The fourth-order valence-corrected chi connectivity index (χ4v) is 6.29. The molecule has 1 aromatic heterocycles. The maximum absolute atomic E-state index is 13.6. The minimum absolute atomic E-state index is 0.249. The third-order valence-corrected chi connectivity index (χ3v) is 8.81. The highest BCUT2D eigenvalue weighted by Crippen LogP contribution is 2.37. The Bertz CT molecular complexity index is 2050. The van der Waals surface area contributed by atoms with E-state index in [1.807, 2.05) is 54.6 Å². The van der Waals surface area contributed by atoms with E-state index in [1.54, 1.807) is 25.2 Å². The van der Waals surface area contributed by atoms with Gasteiger partial charge in [0.25, 0.3) is 11.8 Å². The second-order valence-corrected chi connectivity index (χ2v) is 11.7. The van der Waals surface area contributed by atoms with Crippen LogP contribution in [0.3, 0.4) is 0 Å². The summed E-state index contributed by atoms with van der Waals surface area (Å²) in [5.74, 6) is 1.10. The lowest BCUT2D eigenvalue weighted by atomic mass is 9.88. The Morgan fingerprint density at radius 3 is 1.90 bits per heavy atom. The molecule has 5 aromatic carbocycles. The molecule has 8 nitrogen and oxygen atoms in total. The number of aromatic nitrogens is 3. The molecule has 2 amide bonds. The molecule has 0 bridgehead atoms. The molecule has 0 saturated carbocycles. The van der Waals surface area contributed by atoms with Gasteiger partial charge in [-0.05, 0) is 94.1 Å². The third-order valence-electron chi connectivity index (χ3n) is 8.81. The van der Waals surface area contributed by atoms with E-state index in [2.05, 4.69) is 64.7 Å². The Hall–Kier alpha value is -6.02. The lowest BCUT2D eigenvalue weighted by Gasteiger charge is -2.28. The van der Waals surface area contributed by atoms with Gasteiger partial charge in [0.2, 0.25) is 0 Å². The Labute approximate surface area is 278 Å². The zero-order chi connectivity index (χ0) is 33.0. The molecule has 238 valence electrons. The van der Waals surface area contributed by atoms with Crippen molar-refractivity contribution >= 4 is 34.2 Å². The van der Waals surface area contributed by atoms with Crippen LogP contribution >= 0.6 is 0 Å². The number of rotatable bonds is 11. The molecule has 48 heavy (non-hydrogen) atoms. The van der Waals surface area contributed by atoms with Crippen molar-refractivity contribution in [3.8, 4) is 22.6 Å². The SMILES string of the molecule is COc1ccc(C(=Cc2ccc(-c3ccc4c5c(cccc35)C(=O)N(CCCCn3cncn3)C4=O)cc2)c2ccc(OC)cc2)cc1. The van der Waals surface area contributed by atoms with Crippen LogP contribution in [0.2, 0.25) is 0 Å². The number of nitrogens with zero attached hydrogens (tertiary/aromatic N) is 4. The van der Waals surface area contributed by atoms with Crippen LogP contribution in [0.4, 0.5) is 0 Å². The highest BCUT2D eigenvalue weighted by atomic mass is 16.5. The van der Waals surface area contributed by atoms with Gasteiger partial charge < -0.3 is 9.47 Å². The second kappa shape index (κ2) is 13.4. The van der Waals surface area contributed by atoms with E-state index in [-0.39, 0.29) is 11.8 Å². The summed E-state index contributed by atoms with van der Waals surface area (Å²) in [6, 6.07) is 34.0. The van der Waals surface area contributed by atoms with Crippen molar-refractivity contribution < 1.29 is 19.1 Å². The number of imide groups is 1. The first kappa shape index (κ1) is 30.6. The molecule has 0 radical (unpaired) electrons. The van der Waals surface area contributed by atoms with Gasteiger partial charge in [0.1, 0.15) is 24.2 Å². The zero-order valence-electron chi connectivity index (χ0n) is 26.8. The molecule has 8 heteroatoms. The number of carbonyl (C=O) groups excluding carboxylic acids is 2.